The zero-order valence-electron chi connectivity index (χ0n) is 13.5. The highest BCUT2D eigenvalue weighted by atomic mass is 35.5. The summed E-state index contributed by atoms with van der Waals surface area (Å²) in [6.45, 7) is 2.10. The van der Waals surface area contributed by atoms with Crippen LogP contribution in [-0.2, 0) is 0 Å². The smallest absolute Gasteiger partial charge is 0.195 e. The Morgan fingerprint density at radius 3 is 2.61 bits per heavy atom. The second kappa shape index (κ2) is 8.34. The molecule has 2 rings (SSSR count). The lowest BCUT2D eigenvalue weighted by atomic mass is 10.2. The molecule has 0 aliphatic heterocycles. The number of hydrogen-bond acceptors (Lipinski definition) is 5. The van der Waals surface area contributed by atoms with Crippen molar-refractivity contribution in [3.63, 3.8) is 0 Å². The predicted molar refractivity (Wildman–Crippen MR) is 94.0 cm³/mol. The van der Waals surface area contributed by atoms with Crippen LogP contribution in [-0.4, -0.2) is 39.5 Å². The lowest BCUT2D eigenvalue weighted by Crippen LogP contribution is -2.20. The fraction of sp³-hybridized carbons (Fsp3) is 0.438. The summed E-state index contributed by atoms with van der Waals surface area (Å²) in [5, 5.41) is 18.9. The average Bonchev–Trinajstić information content (AvgIpc) is 2.95. The van der Waals surface area contributed by atoms with Crippen LogP contribution in [0.15, 0.2) is 29.4 Å². The van der Waals surface area contributed by atoms with Gasteiger partial charge in [-0.25, -0.2) is 0 Å². The highest BCUT2D eigenvalue weighted by molar-refractivity contribution is 7.99. The first-order valence-electron chi connectivity index (χ1n) is 7.42. The van der Waals surface area contributed by atoms with Gasteiger partial charge in [0.25, 0.3) is 0 Å². The van der Waals surface area contributed by atoms with Crippen LogP contribution in [0.3, 0.4) is 0 Å². The highest BCUT2D eigenvalue weighted by Crippen LogP contribution is 2.27. The molecule has 2 aromatic rings. The van der Waals surface area contributed by atoms with E-state index in [1.807, 2.05) is 38.4 Å². The lowest BCUT2D eigenvalue weighted by molar-refractivity contribution is 0.305. The van der Waals surface area contributed by atoms with Gasteiger partial charge in [-0.15, -0.1) is 10.2 Å². The standard InChI is InChI=1S/C16H20ClN5S/c1-12(21(2)3)15-19-20-16(23-11-5-4-10-18)22(15)14-8-6-13(17)7-9-14/h6-9,12H,4-5,11H2,1-3H3/t12-/m1/s1. The van der Waals surface area contributed by atoms with Crippen LogP contribution in [0.4, 0.5) is 0 Å². The van der Waals surface area contributed by atoms with E-state index in [-0.39, 0.29) is 6.04 Å². The van der Waals surface area contributed by atoms with Crippen molar-refractivity contribution >= 4 is 23.4 Å². The molecular weight excluding hydrogens is 330 g/mol. The molecule has 5 nitrogen and oxygen atoms in total. The Morgan fingerprint density at radius 1 is 1.30 bits per heavy atom. The first-order chi connectivity index (χ1) is 11.0. The van der Waals surface area contributed by atoms with E-state index >= 15 is 0 Å². The van der Waals surface area contributed by atoms with E-state index in [1.54, 1.807) is 11.8 Å². The Hall–Kier alpha value is -1.55. The molecule has 0 aliphatic carbocycles. The molecule has 23 heavy (non-hydrogen) atoms. The minimum Gasteiger partial charge on any atom is -0.300 e. The van der Waals surface area contributed by atoms with E-state index in [0.29, 0.717) is 11.4 Å². The van der Waals surface area contributed by atoms with Gasteiger partial charge in [0.05, 0.1) is 12.1 Å². The van der Waals surface area contributed by atoms with Gasteiger partial charge < -0.3 is 0 Å². The molecule has 0 radical (unpaired) electrons. The number of thioether (sulfide) groups is 1. The molecule has 0 amide bonds. The van der Waals surface area contributed by atoms with Crippen LogP contribution < -0.4 is 0 Å². The Morgan fingerprint density at radius 2 is 2.00 bits per heavy atom. The summed E-state index contributed by atoms with van der Waals surface area (Å²) in [6, 6.07) is 9.97. The van der Waals surface area contributed by atoms with Crippen LogP contribution in [0.25, 0.3) is 5.69 Å². The highest BCUT2D eigenvalue weighted by Gasteiger charge is 2.20. The maximum absolute atomic E-state index is 8.65. The van der Waals surface area contributed by atoms with Crippen molar-refractivity contribution in [2.75, 3.05) is 19.8 Å². The van der Waals surface area contributed by atoms with Crippen molar-refractivity contribution in [1.29, 1.82) is 5.26 Å². The van der Waals surface area contributed by atoms with Gasteiger partial charge in [0, 0.05) is 22.9 Å². The molecule has 122 valence electrons. The van der Waals surface area contributed by atoms with Crippen molar-refractivity contribution < 1.29 is 0 Å². The van der Waals surface area contributed by atoms with Crippen molar-refractivity contribution in [1.82, 2.24) is 19.7 Å². The molecule has 1 aromatic heterocycles. The van der Waals surface area contributed by atoms with Gasteiger partial charge in [-0.3, -0.25) is 9.47 Å². The number of nitrogens with zero attached hydrogens (tertiary/aromatic N) is 5. The average molecular weight is 350 g/mol. The third-order valence-electron chi connectivity index (χ3n) is 3.56. The second-order valence-corrected chi connectivity index (χ2v) is 6.90. The summed E-state index contributed by atoms with van der Waals surface area (Å²) in [5.74, 6) is 1.73. The molecule has 0 aliphatic rings. The van der Waals surface area contributed by atoms with Gasteiger partial charge in [-0.2, -0.15) is 5.26 Å². The Balaban J connectivity index is 2.35. The van der Waals surface area contributed by atoms with Crippen LogP contribution in [0.1, 0.15) is 31.6 Å². The van der Waals surface area contributed by atoms with E-state index < -0.39 is 0 Å². The van der Waals surface area contributed by atoms with Crippen LogP contribution >= 0.6 is 23.4 Å². The fourth-order valence-electron chi connectivity index (χ4n) is 2.02. The van der Waals surface area contributed by atoms with Gasteiger partial charge in [-0.05, 0) is 51.7 Å². The van der Waals surface area contributed by atoms with Gasteiger partial charge in [0.2, 0.25) is 0 Å². The van der Waals surface area contributed by atoms with Gasteiger partial charge in [-0.1, -0.05) is 23.4 Å². The summed E-state index contributed by atoms with van der Waals surface area (Å²) in [4.78, 5) is 2.10. The summed E-state index contributed by atoms with van der Waals surface area (Å²) in [6.07, 6.45) is 1.40. The largest absolute Gasteiger partial charge is 0.300 e. The predicted octanol–water partition coefficient (Wildman–Crippen LogP) is 3.94. The summed E-state index contributed by atoms with van der Waals surface area (Å²) in [7, 11) is 4.04. The fourth-order valence-corrected chi connectivity index (χ4v) is 3.05. The summed E-state index contributed by atoms with van der Waals surface area (Å²) < 4.78 is 2.07. The molecule has 1 heterocycles. The number of aromatic nitrogens is 3. The van der Waals surface area contributed by atoms with Crippen LogP contribution in [0.5, 0.6) is 0 Å². The third-order valence-corrected chi connectivity index (χ3v) is 4.82. The number of halogens is 1. The zero-order chi connectivity index (χ0) is 16.8. The van der Waals surface area contributed by atoms with E-state index in [0.717, 1.165) is 28.8 Å². The first-order valence-corrected chi connectivity index (χ1v) is 8.78. The number of rotatable bonds is 7. The summed E-state index contributed by atoms with van der Waals surface area (Å²) >= 11 is 7.62. The molecular formula is C16H20ClN5S. The molecule has 1 aromatic carbocycles. The Labute approximate surface area is 146 Å². The molecule has 1 atom stereocenters. The van der Waals surface area contributed by atoms with Gasteiger partial charge in [0.1, 0.15) is 0 Å². The van der Waals surface area contributed by atoms with Crippen LogP contribution in [0, 0.1) is 11.3 Å². The number of benzene rings is 1. The van der Waals surface area contributed by atoms with Crippen molar-refractivity contribution in [3.05, 3.63) is 35.1 Å². The minimum absolute atomic E-state index is 0.131. The van der Waals surface area contributed by atoms with E-state index in [9.17, 15) is 0 Å². The minimum atomic E-state index is 0.131. The lowest BCUT2D eigenvalue weighted by Gasteiger charge is -2.20. The van der Waals surface area contributed by atoms with E-state index in [2.05, 4.69) is 32.7 Å². The van der Waals surface area contributed by atoms with Gasteiger partial charge in [0.15, 0.2) is 11.0 Å². The maximum atomic E-state index is 8.65. The molecule has 0 N–H and O–H groups in total. The molecule has 0 fully saturated rings. The van der Waals surface area contributed by atoms with Crippen LogP contribution in [0.2, 0.25) is 5.02 Å². The van der Waals surface area contributed by atoms with E-state index in [4.69, 9.17) is 16.9 Å². The number of nitriles is 1. The summed E-state index contributed by atoms with van der Waals surface area (Å²) in [5.41, 5.74) is 0.992. The molecule has 0 unspecified atom stereocenters. The van der Waals surface area contributed by atoms with Crippen molar-refractivity contribution in [2.45, 2.75) is 31.0 Å². The SMILES string of the molecule is C[C@H](c1nnc(SCCCC#N)n1-c1ccc(Cl)cc1)N(C)C. The maximum Gasteiger partial charge on any atom is 0.195 e. The quantitative estimate of drug-likeness (QED) is 0.559. The third kappa shape index (κ3) is 4.47. The topological polar surface area (TPSA) is 57.7 Å². The van der Waals surface area contributed by atoms with E-state index in [1.165, 1.54) is 0 Å². The number of hydrogen-bond donors (Lipinski definition) is 0. The zero-order valence-corrected chi connectivity index (χ0v) is 15.1. The second-order valence-electron chi connectivity index (χ2n) is 5.40. The monoisotopic (exact) mass is 349 g/mol. The van der Waals surface area contributed by atoms with Gasteiger partial charge >= 0.3 is 0 Å². The van der Waals surface area contributed by atoms with Crippen molar-refractivity contribution in [3.8, 4) is 11.8 Å². The molecule has 0 spiro atoms. The normalized spacial score (nSPS) is 12.3. The number of unbranched alkanes of at least 4 members (excludes halogenated alkanes) is 1. The molecule has 0 bridgehead atoms. The Bertz CT molecular complexity index is 675. The first kappa shape index (κ1) is 17.8. The Kier molecular flexibility index (Phi) is 6.46. The van der Waals surface area contributed by atoms with Crippen molar-refractivity contribution in [2.24, 2.45) is 0 Å². The molecule has 0 saturated heterocycles. The molecule has 0 saturated carbocycles. The molecule has 7 heteroatoms.